The van der Waals surface area contributed by atoms with Crippen molar-refractivity contribution in [3.05, 3.63) is 34.9 Å². The zero-order valence-electron chi connectivity index (χ0n) is 8.30. The Kier molecular flexibility index (Phi) is 5.73. The average Bonchev–Trinajstić information content (AvgIpc) is 2.21. The number of halogens is 2. The Morgan fingerprint density at radius 3 is 2.60 bits per heavy atom. The number of nitrogens with one attached hydrogen (secondary N) is 1. The Morgan fingerprint density at radius 1 is 1.33 bits per heavy atom. The van der Waals surface area contributed by atoms with Crippen molar-refractivity contribution in [1.82, 2.24) is 5.32 Å². The number of alkyl halides is 1. The van der Waals surface area contributed by atoms with E-state index in [1.807, 2.05) is 24.3 Å². The first-order valence-electron chi connectivity index (χ1n) is 4.79. The molecule has 15 heavy (non-hydrogen) atoms. The molecule has 0 aromatic heterocycles. The molecule has 4 heteroatoms. The van der Waals surface area contributed by atoms with Gasteiger partial charge in [-0.2, -0.15) is 0 Å². The fourth-order valence-electron chi connectivity index (χ4n) is 1.17. The third-order valence-electron chi connectivity index (χ3n) is 1.97. The van der Waals surface area contributed by atoms with Crippen LogP contribution in [0.3, 0.4) is 0 Å². The lowest BCUT2D eigenvalue weighted by atomic mass is 10.1. The largest absolute Gasteiger partial charge is 0.356 e. The number of benzene rings is 1. The molecular formula is C11H13BrClNO. The standard InChI is InChI=1S/C11H13BrClNO/c12-7-5-11(15)14-8-6-9-1-3-10(13)4-2-9/h1-4H,5-8H2,(H,14,15). The Morgan fingerprint density at radius 2 is 2.00 bits per heavy atom. The fraction of sp³-hybridized carbons (Fsp3) is 0.364. The van der Waals surface area contributed by atoms with E-state index in [1.165, 1.54) is 5.56 Å². The third-order valence-corrected chi connectivity index (χ3v) is 2.62. The van der Waals surface area contributed by atoms with E-state index in [0.29, 0.717) is 18.3 Å². The second-order valence-corrected chi connectivity index (χ2v) is 4.39. The second kappa shape index (κ2) is 6.85. The molecular weight excluding hydrogens is 277 g/mol. The van der Waals surface area contributed by atoms with Crippen LogP contribution in [0.4, 0.5) is 0 Å². The van der Waals surface area contributed by atoms with Gasteiger partial charge in [-0.1, -0.05) is 39.7 Å². The summed E-state index contributed by atoms with van der Waals surface area (Å²) in [6.07, 6.45) is 1.37. The highest BCUT2D eigenvalue weighted by molar-refractivity contribution is 9.09. The van der Waals surface area contributed by atoms with Crippen molar-refractivity contribution in [3.8, 4) is 0 Å². The summed E-state index contributed by atoms with van der Waals surface area (Å²) in [5.74, 6) is 0.0841. The SMILES string of the molecule is O=C(CCBr)NCCc1ccc(Cl)cc1. The second-order valence-electron chi connectivity index (χ2n) is 3.17. The molecule has 0 spiro atoms. The third kappa shape index (κ3) is 5.19. The van der Waals surface area contributed by atoms with Crippen LogP contribution in [0.15, 0.2) is 24.3 Å². The molecule has 0 radical (unpaired) electrons. The Bertz CT molecular complexity index is 313. The van der Waals surface area contributed by atoms with E-state index in [-0.39, 0.29) is 5.91 Å². The summed E-state index contributed by atoms with van der Waals surface area (Å²) in [6.45, 7) is 0.674. The number of hydrogen-bond acceptors (Lipinski definition) is 1. The number of hydrogen-bond donors (Lipinski definition) is 1. The zero-order valence-corrected chi connectivity index (χ0v) is 10.6. The first kappa shape index (κ1) is 12.5. The lowest BCUT2D eigenvalue weighted by Crippen LogP contribution is -2.25. The number of carbonyl (C=O) groups excluding carboxylic acids is 1. The van der Waals surface area contributed by atoms with Crippen LogP contribution in [0.1, 0.15) is 12.0 Å². The van der Waals surface area contributed by atoms with Crippen LogP contribution < -0.4 is 5.32 Å². The Balaban J connectivity index is 2.26. The molecule has 82 valence electrons. The summed E-state index contributed by atoms with van der Waals surface area (Å²) in [5.41, 5.74) is 1.18. The molecule has 0 bridgehead atoms. The van der Waals surface area contributed by atoms with Gasteiger partial charge in [-0.25, -0.2) is 0 Å². The monoisotopic (exact) mass is 289 g/mol. The minimum Gasteiger partial charge on any atom is -0.356 e. The van der Waals surface area contributed by atoms with Gasteiger partial charge in [-0.05, 0) is 24.1 Å². The zero-order chi connectivity index (χ0) is 11.1. The van der Waals surface area contributed by atoms with E-state index in [1.54, 1.807) is 0 Å². The van der Waals surface area contributed by atoms with Gasteiger partial charge in [0, 0.05) is 23.3 Å². The molecule has 0 saturated carbocycles. The van der Waals surface area contributed by atoms with Crippen LogP contribution in [0, 0.1) is 0 Å². The smallest absolute Gasteiger partial charge is 0.220 e. The first-order chi connectivity index (χ1) is 7.22. The summed E-state index contributed by atoms with van der Waals surface area (Å²) in [7, 11) is 0. The molecule has 0 heterocycles. The molecule has 1 rings (SSSR count). The van der Waals surface area contributed by atoms with Gasteiger partial charge in [0.05, 0.1) is 0 Å². The predicted octanol–water partition coefficient (Wildman–Crippen LogP) is 2.78. The molecule has 0 fully saturated rings. The summed E-state index contributed by atoms with van der Waals surface area (Å²) in [4.78, 5) is 11.1. The van der Waals surface area contributed by atoms with Crippen molar-refractivity contribution in [1.29, 1.82) is 0 Å². The van der Waals surface area contributed by atoms with Crippen molar-refractivity contribution >= 4 is 33.4 Å². The van der Waals surface area contributed by atoms with Crippen molar-refractivity contribution in [3.63, 3.8) is 0 Å². The molecule has 0 saturated heterocycles. The van der Waals surface area contributed by atoms with Crippen molar-refractivity contribution in [2.45, 2.75) is 12.8 Å². The number of rotatable bonds is 5. The lowest BCUT2D eigenvalue weighted by molar-refractivity contribution is -0.120. The van der Waals surface area contributed by atoms with Crippen LogP contribution in [0.2, 0.25) is 5.02 Å². The highest BCUT2D eigenvalue weighted by Crippen LogP contribution is 2.09. The molecule has 0 atom stereocenters. The predicted molar refractivity (Wildman–Crippen MR) is 66.6 cm³/mol. The van der Waals surface area contributed by atoms with Gasteiger partial charge in [-0.3, -0.25) is 4.79 Å². The normalized spacial score (nSPS) is 10.0. The summed E-state index contributed by atoms with van der Waals surface area (Å²) >= 11 is 8.98. The highest BCUT2D eigenvalue weighted by Gasteiger charge is 1.98. The minimum atomic E-state index is 0.0841. The lowest BCUT2D eigenvalue weighted by Gasteiger charge is -2.04. The summed E-state index contributed by atoms with van der Waals surface area (Å²) < 4.78 is 0. The molecule has 2 nitrogen and oxygen atoms in total. The molecule has 0 unspecified atom stereocenters. The van der Waals surface area contributed by atoms with E-state index in [0.717, 1.165) is 11.4 Å². The van der Waals surface area contributed by atoms with Crippen molar-refractivity contribution in [2.24, 2.45) is 0 Å². The minimum absolute atomic E-state index is 0.0841. The molecule has 1 aromatic rings. The van der Waals surface area contributed by atoms with E-state index in [4.69, 9.17) is 11.6 Å². The van der Waals surface area contributed by atoms with Gasteiger partial charge in [0.2, 0.25) is 5.91 Å². The van der Waals surface area contributed by atoms with Crippen LogP contribution in [-0.2, 0) is 11.2 Å². The van der Waals surface area contributed by atoms with E-state index < -0.39 is 0 Å². The topological polar surface area (TPSA) is 29.1 Å². The maximum atomic E-state index is 11.1. The fourth-order valence-corrected chi connectivity index (χ4v) is 1.66. The van der Waals surface area contributed by atoms with Crippen molar-refractivity contribution in [2.75, 3.05) is 11.9 Å². The molecule has 1 amide bonds. The Labute approximate surface area is 103 Å². The van der Waals surface area contributed by atoms with E-state index in [2.05, 4.69) is 21.2 Å². The van der Waals surface area contributed by atoms with Crippen LogP contribution in [0.25, 0.3) is 0 Å². The van der Waals surface area contributed by atoms with Gasteiger partial charge in [-0.15, -0.1) is 0 Å². The highest BCUT2D eigenvalue weighted by atomic mass is 79.9. The van der Waals surface area contributed by atoms with Crippen LogP contribution in [0.5, 0.6) is 0 Å². The van der Waals surface area contributed by atoms with E-state index >= 15 is 0 Å². The van der Waals surface area contributed by atoms with E-state index in [9.17, 15) is 4.79 Å². The number of amides is 1. The van der Waals surface area contributed by atoms with Gasteiger partial charge in [0.1, 0.15) is 0 Å². The van der Waals surface area contributed by atoms with Gasteiger partial charge in [0.25, 0.3) is 0 Å². The van der Waals surface area contributed by atoms with Crippen molar-refractivity contribution < 1.29 is 4.79 Å². The van der Waals surface area contributed by atoms with Gasteiger partial charge in [0.15, 0.2) is 0 Å². The van der Waals surface area contributed by atoms with Crippen LogP contribution in [-0.4, -0.2) is 17.8 Å². The van der Waals surface area contributed by atoms with Crippen LogP contribution >= 0.6 is 27.5 Å². The Hall–Kier alpha value is -0.540. The molecule has 0 aliphatic carbocycles. The van der Waals surface area contributed by atoms with Gasteiger partial charge >= 0.3 is 0 Å². The quantitative estimate of drug-likeness (QED) is 0.830. The number of carbonyl (C=O) groups is 1. The first-order valence-corrected chi connectivity index (χ1v) is 6.29. The average molecular weight is 291 g/mol. The summed E-state index contributed by atoms with van der Waals surface area (Å²) in [6, 6.07) is 7.66. The molecule has 0 aliphatic rings. The molecule has 1 N–H and O–H groups in total. The molecule has 0 aliphatic heterocycles. The maximum Gasteiger partial charge on any atom is 0.220 e. The maximum absolute atomic E-state index is 11.1. The summed E-state index contributed by atoms with van der Waals surface area (Å²) in [5, 5.41) is 4.29. The molecule has 1 aromatic carbocycles. The van der Waals surface area contributed by atoms with Gasteiger partial charge < -0.3 is 5.32 Å².